The standard InChI is InChI=1S/C8H16.C3H6.C2H6.C2H4/c1-5-8(6-2)7(3)4;1-3-2;2*1-2/h5-6H2,1-4H3;3H,1H2,2H3;1-2H3;1-2H2. The first-order chi connectivity index (χ1) is 7.13. The van der Waals surface area contributed by atoms with Gasteiger partial charge in [0.2, 0.25) is 0 Å². The van der Waals surface area contributed by atoms with Crippen molar-refractivity contribution >= 4 is 0 Å². The SMILES string of the molecule is C=C.C=CC.CC.CCC(CC)=C(C)C. The molecule has 0 aliphatic carbocycles. The summed E-state index contributed by atoms with van der Waals surface area (Å²) in [6.07, 6.45) is 4.19. The molecule has 0 nitrogen and oxygen atoms in total. The molecule has 0 saturated heterocycles. The molecule has 0 atom stereocenters. The summed E-state index contributed by atoms with van der Waals surface area (Å²) in [7, 11) is 0. The zero-order valence-electron chi connectivity index (χ0n) is 12.1. The van der Waals surface area contributed by atoms with Gasteiger partial charge in [0.15, 0.2) is 0 Å². The van der Waals surface area contributed by atoms with E-state index in [4.69, 9.17) is 0 Å². The van der Waals surface area contributed by atoms with Crippen molar-refractivity contribution in [3.05, 3.63) is 37.0 Å². The lowest BCUT2D eigenvalue weighted by Gasteiger charge is -2.00. The molecule has 0 aliphatic heterocycles. The van der Waals surface area contributed by atoms with Crippen molar-refractivity contribution in [2.45, 2.75) is 61.3 Å². The Kier molecular flexibility index (Phi) is 46.3. The zero-order chi connectivity index (χ0) is 13.3. The molecule has 0 heteroatoms. The van der Waals surface area contributed by atoms with Crippen molar-refractivity contribution < 1.29 is 0 Å². The Morgan fingerprint density at radius 1 is 1.00 bits per heavy atom. The topological polar surface area (TPSA) is 0 Å². The maximum absolute atomic E-state index is 3.36. The summed E-state index contributed by atoms with van der Waals surface area (Å²) in [5, 5.41) is 0. The van der Waals surface area contributed by atoms with E-state index in [1.54, 1.807) is 11.6 Å². The van der Waals surface area contributed by atoms with Gasteiger partial charge in [0.1, 0.15) is 0 Å². The van der Waals surface area contributed by atoms with Crippen LogP contribution in [0, 0.1) is 0 Å². The van der Waals surface area contributed by atoms with Crippen LogP contribution in [0.15, 0.2) is 37.0 Å². The van der Waals surface area contributed by atoms with Crippen LogP contribution in [0.3, 0.4) is 0 Å². The van der Waals surface area contributed by atoms with E-state index >= 15 is 0 Å². The van der Waals surface area contributed by atoms with Crippen LogP contribution in [0.1, 0.15) is 61.3 Å². The highest BCUT2D eigenvalue weighted by molar-refractivity contribution is 5.07. The van der Waals surface area contributed by atoms with Crippen LogP contribution >= 0.6 is 0 Å². The molecular weight excluding hydrogens is 180 g/mol. The van der Waals surface area contributed by atoms with Crippen LogP contribution in [0.5, 0.6) is 0 Å². The lowest BCUT2D eigenvalue weighted by molar-refractivity contribution is 0.945. The maximum Gasteiger partial charge on any atom is -0.0347 e. The first-order valence-corrected chi connectivity index (χ1v) is 5.86. The van der Waals surface area contributed by atoms with Crippen molar-refractivity contribution in [3.8, 4) is 0 Å². The van der Waals surface area contributed by atoms with Gasteiger partial charge in [-0.15, -0.1) is 19.7 Å². The highest BCUT2D eigenvalue weighted by Gasteiger charge is 1.89. The van der Waals surface area contributed by atoms with Crippen LogP contribution in [0.4, 0.5) is 0 Å². The molecule has 0 fully saturated rings. The highest BCUT2D eigenvalue weighted by atomic mass is 14.0. The zero-order valence-corrected chi connectivity index (χ0v) is 12.1. The Labute approximate surface area is 98.8 Å². The van der Waals surface area contributed by atoms with Gasteiger partial charge in [-0.1, -0.05) is 44.9 Å². The molecule has 0 bridgehead atoms. The molecule has 0 radical (unpaired) electrons. The minimum Gasteiger partial charge on any atom is -0.106 e. The smallest absolute Gasteiger partial charge is 0.0347 e. The molecule has 0 heterocycles. The fourth-order valence-corrected chi connectivity index (χ4v) is 0.957. The summed E-state index contributed by atoms with van der Waals surface area (Å²) < 4.78 is 0. The second-order valence-corrected chi connectivity index (χ2v) is 2.72. The van der Waals surface area contributed by atoms with Crippen LogP contribution in [-0.4, -0.2) is 0 Å². The third-order valence-electron chi connectivity index (χ3n) is 1.56. The summed E-state index contributed by atoms with van der Waals surface area (Å²) in [5.74, 6) is 0. The van der Waals surface area contributed by atoms with Crippen LogP contribution in [-0.2, 0) is 0 Å². The molecule has 0 unspecified atom stereocenters. The Morgan fingerprint density at radius 3 is 1.20 bits per heavy atom. The quantitative estimate of drug-likeness (QED) is 0.481. The van der Waals surface area contributed by atoms with Crippen LogP contribution in [0.25, 0.3) is 0 Å². The van der Waals surface area contributed by atoms with E-state index in [-0.39, 0.29) is 0 Å². The van der Waals surface area contributed by atoms with E-state index in [2.05, 4.69) is 47.4 Å². The molecule has 0 saturated carbocycles. The van der Waals surface area contributed by atoms with E-state index in [1.165, 1.54) is 18.4 Å². The Morgan fingerprint density at radius 2 is 1.20 bits per heavy atom. The van der Waals surface area contributed by atoms with Gasteiger partial charge in [0.25, 0.3) is 0 Å². The van der Waals surface area contributed by atoms with Crippen molar-refractivity contribution in [2.24, 2.45) is 0 Å². The molecule has 0 rings (SSSR count). The van der Waals surface area contributed by atoms with Gasteiger partial charge in [-0.05, 0) is 33.6 Å². The third-order valence-corrected chi connectivity index (χ3v) is 1.56. The Hall–Kier alpha value is -0.780. The fourth-order valence-electron chi connectivity index (χ4n) is 0.957. The number of hydrogen-bond donors (Lipinski definition) is 0. The predicted octanol–water partition coefficient (Wildman–Crippen LogP) is 6.16. The average Bonchev–Trinajstić information content (AvgIpc) is 2.26. The minimum absolute atomic E-state index is 1.22. The molecule has 0 N–H and O–H groups in total. The first kappa shape index (κ1) is 23.8. The van der Waals surface area contributed by atoms with Gasteiger partial charge in [0, 0.05) is 0 Å². The van der Waals surface area contributed by atoms with Crippen molar-refractivity contribution in [1.82, 2.24) is 0 Å². The second kappa shape index (κ2) is 29.2. The number of rotatable bonds is 2. The van der Waals surface area contributed by atoms with Crippen LogP contribution in [0.2, 0.25) is 0 Å². The first-order valence-electron chi connectivity index (χ1n) is 5.86. The number of allylic oxidation sites excluding steroid dienone is 3. The summed E-state index contributed by atoms with van der Waals surface area (Å²) >= 11 is 0. The third kappa shape index (κ3) is 31.9. The van der Waals surface area contributed by atoms with Crippen molar-refractivity contribution in [3.63, 3.8) is 0 Å². The molecule has 0 aromatic heterocycles. The van der Waals surface area contributed by atoms with Gasteiger partial charge >= 0.3 is 0 Å². The summed E-state index contributed by atoms with van der Waals surface area (Å²) in [5.41, 5.74) is 3.10. The van der Waals surface area contributed by atoms with E-state index in [1.807, 2.05) is 20.8 Å². The fraction of sp³-hybridized carbons (Fsp3) is 0.600. The van der Waals surface area contributed by atoms with Gasteiger partial charge in [-0.25, -0.2) is 0 Å². The van der Waals surface area contributed by atoms with Crippen molar-refractivity contribution in [2.75, 3.05) is 0 Å². The Bertz CT molecular complexity index is 119. The van der Waals surface area contributed by atoms with Crippen LogP contribution < -0.4 is 0 Å². The van der Waals surface area contributed by atoms with E-state index in [9.17, 15) is 0 Å². The van der Waals surface area contributed by atoms with E-state index in [0.717, 1.165) is 0 Å². The second-order valence-electron chi connectivity index (χ2n) is 2.72. The lowest BCUT2D eigenvalue weighted by Crippen LogP contribution is -1.79. The van der Waals surface area contributed by atoms with Crippen molar-refractivity contribution in [1.29, 1.82) is 0 Å². The molecule has 0 amide bonds. The van der Waals surface area contributed by atoms with E-state index in [0.29, 0.717) is 0 Å². The molecular formula is C15H32. The predicted molar refractivity (Wildman–Crippen MR) is 77.4 cm³/mol. The van der Waals surface area contributed by atoms with Gasteiger partial charge in [-0.2, -0.15) is 0 Å². The summed E-state index contributed by atoms with van der Waals surface area (Å²) in [6.45, 7) is 24.0. The molecule has 15 heavy (non-hydrogen) atoms. The largest absolute Gasteiger partial charge is 0.106 e. The summed E-state index contributed by atoms with van der Waals surface area (Å²) in [4.78, 5) is 0. The molecule has 0 aromatic rings. The monoisotopic (exact) mass is 212 g/mol. The van der Waals surface area contributed by atoms with Gasteiger partial charge in [0.05, 0.1) is 0 Å². The average molecular weight is 212 g/mol. The normalized spacial score (nSPS) is 6.33. The Balaban J connectivity index is -0.0000000726. The minimum atomic E-state index is 1.22. The highest BCUT2D eigenvalue weighted by Crippen LogP contribution is 2.10. The molecule has 0 spiro atoms. The van der Waals surface area contributed by atoms with E-state index < -0.39 is 0 Å². The maximum atomic E-state index is 3.36. The number of hydrogen-bond acceptors (Lipinski definition) is 0. The van der Waals surface area contributed by atoms with Gasteiger partial charge in [-0.3, -0.25) is 0 Å². The lowest BCUT2D eigenvalue weighted by atomic mass is 10.1. The molecule has 92 valence electrons. The molecule has 0 aromatic carbocycles. The van der Waals surface area contributed by atoms with Gasteiger partial charge < -0.3 is 0 Å². The summed E-state index contributed by atoms with van der Waals surface area (Å²) in [6, 6.07) is 0. The molecule has 0 aliphatic rings.